The Labute approximate surface area is 134 Å². The highest BCUT2D eigenvalue weighted by atomic mass is 16.7. The minimum atomic E-state index is -0.806. The van der Waals surface area contributed by atoms with Crippen molar-refractivity contribution in [1.82, 2.24) is 0 Å². The summed E-state index contributed by atoms with van der Waals surface area (Å²) in [5.41, 5.74) is 8.27. The highest BCUT2D eigenvalue weighted by Gasteiger charge is 2.44. The third-order valence-electron chi connectivity index (χ3n) is 3.80. The summed E-state index contributed by atoms with van der Waals surface area (Å²) in [4.78, 5) is 24.9. The van der Waals surface area contributed by atoms with Crippen LogP contribution in [-0.4, -0.2) is 50.2 Å². The van der Waals surface area contributed by atoms with Gasteiger partial charge in [0.15, 0.2) is 12.4 Å². The Morgan fingerprint density at radius 2 is 1.91 bits per heavy atom. The number of ether oxygens (including phenoxy) is 4. The van der Waals surface area contributed by atoms with Gasteiger partial charge in [-0.05, 0) is 11.4 Å². The Bertz CT molecular complexity index is 463. The topological polar surface area (TPSA) is 120 Å². The molecule has 2 unspecified atom stereocenters. The zero-order chi connectivity index (χ0) is 17.4. The second-order valence-electron chi connectivity index (χ2n) is 5.46. The lowest BCUT2D eigenvalue weighted by Gasteiger charge is -2.43. The minimum absolute atomic E-state index is 0.00400. The summed E-state index contributed by atoms with van der Waals surface area (Å²) in [6.07, 6.45) is -1.76. The molecular formula is C14H23N3O6. The maximum absolute atomic E-state index is 11.3. The molecule has 0 amide bonds. The average Bonchev–Trinajstić information content (AvgIpc) is 2.48. The number of esters is 2. The van der Waals surface area contributed by atoms with E-state index in [0.717, 1.165) is 0 Å². The van der Waals surface area contributed by atoms with Crippen molar-refractivity contribution in [1.29, 1.82) is 0 Å². The molecule has 0 radical (unpaired) electrons. The molecule has 1 aliphatic heterocycles. The molecule has 1 saturated heterocycles. The van der Waals surface area contributed by atoms with Crippen LogP contribution in [0.2, 0.25) is 0 Å². The summed E-state index contributed by atoms with van der Waals surface area (Å²) in [6.45, 7) is 6.88. The molecule has 1 aliphatic rings. The van der Waals surface area contributed by atoms with Crippen molar-refractivity contribution in [2.24, 2.45) is 17.0 Å². The Balaban J connectivity index is 2.77. The van der Waals surface area contributed by atoms with Crippen LogP contribution in [0, 0.1) is 11.8 Å². The van der Waals surface area contributed by atoms with Gasteiger partial charge in [0.05, 0.1) is 12.7 Å². The highest BCUT2D eigenvalue weighted by molar-refractivity contribution is 5.66. The van der Waals surface area contributed by atoms with Crippen molar-refractivity contribution in [3.05, 3.63) is 10.4 Å². The number of hydrogen-bond donors (Lipinski definition) is 0. The van der Waals surface area contributed by atoms with Crippen LogP contribution in [0.3, 0.4) is 0 Å². The maximum atomic E-state index is 11.3. The molecule has 1 fully saturated rings. The number of azide groups is 1. The molecule has 0 spiro atoms. The van der Waals surface area contributed by atoms with Gasteiger partial charge in [-0.3, -0.25) is 9.59 Å². The summed E-state index contributed by atoms with van der Waals surface area (Å²) in [5, 5.41) is 3.38. The Kier molecular flexibility index (Phi) is 7.80. The number of nitrogens with zero attached hydrogens (tertiary/aromatic N) is 3. The molecule has 0 N–H and O–H groups in total. The zero-order valence-electron chi connectivity index (χ0n) is 13.8. The van der Waals surface area contributed by atoms with E-state index in [1.165, 1.54) is 13.8 Å². The fourth-order valence-electron chi connectivity index (χ4n) is 2.39. The van der Waals surface area contributed by atoms with E-state index in [1.54, 1.807) is 0 Å². The molecule has 0 aliphatic carbocycles. The van der Waals surface area contributed by atoms with Gasteiger partial charge >= 0.3 is 11.9 Å². The zero-order valence-corrected chi connectivity index (χ0v) is 13.8. The van der Waals surface area contributed by atoms with Crippen LogP contribution in [0.5, 0.6) is 0 Å². The molecule has 1 heterocycles. The number of rotatable bonds is 7. The first-order valence-electron chi connectivity index (χ1n) is 7.45. The van der Waals surface area contributed by atoms with E-state index in [2.05, 4.69) is 10.0 Å². The van der Waals surface area contributed by atoms with E-state index in [1.807, 2.05) is 13.8 Å². The van der Waals surface area contributed by atoms with Crippen molar-refractivity contribution in [2.45, 2.75) is 46.2 Å². The SMILES string of the molecule is CC(=O)OCC1O[C@@H](OCCN=[N+]=[N-])[C@@H](OC(C)=O)C(C)[C@H]1C. The van der Waals surface area contributed by atoms with Crippen LogP contribution in [-0.2, 0) is 28.5 Å². The van der Waals surface area contributed by atoms with Crippen molar-refractivity contribution in [3.63, 3.8) is 0 Å². The fourth-order valence-corrected chi connectivity index (χ4v) is 2.39. The summed E-state index contributed by atoms with van der Waals surface area (Å²) in [7, 11) is 0. The van der Waals surface area contributed by atoms with Crippen LogP contribution in [0.4, 0.5) is 0 Å². The largest absolute Gasteiger partial charge is 0.463 e. The first-order chi connectivity index (χ1) is 10.9. The number of hydrogen-bond acceptors (Lipinski definition) is 7. The minimum Gasteiger partial charge on any atom is -0.463 e. The molecule has 0 aromatic rings. The third kappa shape index (κ3) is 6.05. The van der Waals surface area contributed by atoms with E-state index in [4.69, 9.17) is 24.5 Å². The molecule has 5 atom stereocenters. The predicted octanol–water partition coefficient (Wildman–Crippen LogP) is 1.81. The van der Waals surface area contributed by atoms with Crippen molar-refractivity contribution >= 4 is 11.9 Å². The summed E-state index contributed by atoms with van der Waals surface area (Å²) < 4.78 is 21.7. The normalized spacial score (nSPS) is 30.2. The van der Waals surface area contributed by atoms with Gasteiger partial charge in [-0.2, -0.15) is 0 Å². The molecule has 0 aromatic carbocycles. The lowest BCUT2D eigenvalue weighted by molar-refractivity contribution is -0.279. The summed E-state index contributed by atoms with van der Waals surface area (Å²) in [6, 6.07) is 0. The van der Waals surface area contributed by atoms with E-state index >= 15 is 0 Å². The standard InChI is InChI=1S/C14H23N3O6/c1-8-9(2)13(22-11(4)19)14(20-6-5-16-17-15)23-12(8)7-21-10(3)18/h8-9,12-14H,5-7H2,1-4H3/t8-,9?,12?,13+,14-/m1/s1. The van der Waals surface area contributed by atoms with Gasteiger partial charge in [0, 0.05) is 31.2 Å². The maximum Gasteiger partial charge on any atom is 0.303 e. The van der Waals surface area contributed by atoms with Gasteiger partial charge in [-0.1, -0.05) is 19.0 Å². The third-order valence-corrected chi connectivity index (χ3v) is 3.80. The Hall–Kier alpha value is -1.83. The van der Waals surface area contributed by atoms with Crippen LogP contribution in [0.25, 0.3) is 10.4 Å². The fraction of sp³-hybridized carbons (Fsp3) is 0.857. The smallest absolute Gasteiger partial charge is 0.303 e. The predicted molar refractivity (Wildman–Crippen MR) is 79.1 cm³/mol. The van der Waals surface area contributed by atoms with Crippen molar-refractivity contribution in [2.75, 3.05) is 19.8 Å². The van der Waals surface area contributed by atoms with Gasteiger partial charge in [-0.25, -0.2) is 0 Å². The molecule has 1 rings (SSSR count). The summed E-state index contributed by atoms with van der Waals surface area (Å²) in [5.74, 6) is -0.885. The number of carbonyl (C=O) groups is 2. The highest BCUT2D eigenvalue weighted by Crippen LogP contribution is 2.33. The lowest BCUT2D eigenvalue weighted by atomic mass is 9.83. The van der Waals surface area contributed by atoms with Gasteiger partial charge in [0.1, 0.15) is 6.61 Å². The molecular weight excluding hydrogens is 306 g/mol. The molecule has 9 heteroatoms. The van der Waals surface area contributed by atoms with E-state index in [0.29, 0.717) is 0 Å². The van der Waals surface area contributed by atoms with Crippen LogP contribution in [0.1, 0.15) is 27.7 Å². The molecule has 23 heavy (non-hydrogen) atoms. The Morgan fingerprint density at radius 1 is 1.22 bits per heavy atom. The van der Waals surface area contributed by atoms with Gasteiger partial charge in [0.25, 0.3) is 0 Å². The Morgan fingerprint density at radius 3 is 2.48 bits per heavy atom. The monoisotopic (exact) mass is 329 g/mol. The van der Waals surface area contributed by atoms with E-state index < -0.39 is 24.3 Å². The molecule has 0 bridgehead atoms. The molecule has 0 aromatic heterocycles. The van der Waals surface area contributed by atoms with E-state index in [9.17, 15) is 9.59 Å². The van der Waals surface area contributed by atoms with Crippen LogP contribution in [0.15, 0.2) is 5.11 Å². The van der Waals surface area contributed by atoms with Gasteiger partial charge in [0.2, 0.25) is 0 Å². The van der Waals surface area contributed by atoms with Crippen LogP contribution >= 0.6 is 0 Å². The van der Waals surface area contributed by atoms with Gasteiger partial charge in [-0.15, -0.1) is 0 Å². The molecule has 9 nitrogen and oxygen atoms in total. The van der Waals surface area contributed by atoms with Gasteiger partial charge < -0.3 is 18.9 Å². The van der Waals surface area contributed by atoms with Crippen LogP contribution < -0.4 is 0 Å². The number of carbonyl (C=O) groups excluding carboxylic acids is 2. The van der Waals surface area contributed by atoms with Crippen molar-refractivity contribution in [3.8, 4) is 0 Å². The molecule has 130 valence electrons. The second kappa shape index (κ2) is 9.34. The second-order valence-corrected chi connectivity index (χ2v) is 5.46. The molecule has 0 saturated carbocycles. The lowest BCUT2D eigenvalue weighted by Crippen LogP contribution is -2.53. The van der Waals surface area contributed by atoms with E-state index in [-0.39, 0.29) is 37.7 Å². The van der Waals surface area contributed by atoms with Crippen molar-refractivity contribution < 1.29 is 28.5 Å². The quantitative estimate of drug-likeness (QED) is 0.231. The summed E-state index contributed by atoms with van der Waals surface area (Å²) >= 11 is 0. The first kappa shape index (κ1) is 19.2. The first-order valence-corrected chi connectivity index (χ1v) is 7.45. The average molecular weight is 329 g/mol.